The van der Waals surface area contributed by atoms with Crippen LogP contribution < -0.4 is 16.2 Å². The molecule has 6 heteroatoms. The molecule has 0 radical (unpaired) electrons. The fourth-order valence-electron chi connectivity index (χ4n) is 3.43. The quantitative estimate of drug-likeness (QED) is 0.764. The van der Waals surface area contributed by atoms with Crippen molar-refractivity contribution >= 4 is 16.9 Å². The SMILES string of the molecule is COc1ccc(-c2c(CN)n(C(C)(C)C)c3ncnc(N)c23)c(C)c1. The Morgan fingerprint density at radius 2 is 1.92 bits per heavy atom. The smallest absolute Gasteiger partial charge is 0.146 e. The van der Waals surface area contributed by atoms with Crippen LogP contribution in [-0.4, -0.2) is 21.6 Å². The predicted molar refractivity (Wildman–Crippen MR) is 102 cm³/mol. The molecule has 0 aliphatic rings. The van der Waals surface area contributed by atoms with Crippen molar-refractivity contribution in [3.05, 3.63) is 35.8 Å². The Hall–Kier alpha value is -2.60. The number of hydrogen-bond acceptors (Lipinski definition) is 5. The van der Waals surface area contributed by atoms with Crippen molar-refractivity contribution < 1.29 is 4.74 Å². The molecule has 2 heterocycles. The lowest BCUT2D eigenvalue weighted by molar-refractivity contribution is 0.396. The Kier molecular flexibility index (Phi) is 4.16. The molecule has 0 spiro atoms. The van der Waals surface area contributed by atoms with Crippen molar-refractivity contribution in [3.63, 3.8) is 0 Å². The average molecular weight is 339 g/mol. The molecule has 3 aromatic rings. The molecule has 0 unspecified atom stereocenters. The van der Waals surface area contributed by atoms with Gasteiger partial charge in [-0.25, -0.2) is 9.97 Å². The minimum atomic E-state index is -0.188. The molecule has 0 saturated heterocycles. The van der Waals surface area contributed by atoms with Crippen LogP contribution in [0.5, 0.6) is 5.75 Å². The maximum Gasteiger partial charge on any atom is 0.146 e. The second kappa shape index (κ2) is 6.04. The van der Waals surface area contributed by atoms with E-state index in [-0.39, 0.29) is 5.54 Å². The minimum Gasteiger partial charge on any atom is -0.497 e. The lowest BCUT2D eigenvalue weighted by atomic mass is 9.97. The summed E-state index contributed by atoms with van der Waals surface area (Å²) in [5, 5.41) is 0.853. The predicted octanol–water partition coefficient (Wildman–Crippen LogP) is 3.21. The molecular formula is C19H25N5O. The monoisotopic (exact) mass is 339 g/mol. The van der Waals surface area contributed by atoms with E-state index >= 15 is 0 Å². The number of anilines is 1. The Labute approximate surface area is 147 Å². The van der Waals surface area contributed by atoms with Crippen LogP contribution in [0, 0.1) is 6.92 Å². The lowest BCUT2D eigenvalue weighted by Crippen LogP contribution is -2.25. The van der Waals surface area contributed by atoms with Gasteiger partial charge < -0.3 is 20.8 Å². The number of fused-ring (bicyclic) bond motifs is 1. The van der Waals surface area contributed by atoms with Gasteiger partial charge in [-0.15, -0.1) is 0 Å². The first-order valence-electron chi connectivity index (χ1n) is 8.29. The van der Waals surface area contributed by atoms with E-state index in [1.54, 1.807) is 7.11 Å². The van der Waals surface area contributed by atoms with Crippen molar-refractivity contribution in [2.75, 3.05) is 12.8 Å². The van der Waals surface area contributed by atoms with Gasteiger partial charge >= 0.3 is 0 Å². The van der Waals surface area contributed by atoms with Crippen molar-refractivity contribution in [2.45, 2.75) is 39.8 Å². The highest BCUT2D eigenvalue weighted by Gasteiger charge is 2.27. The highest BCUT2D eigenvalue weighted by atomic mass is 16.5. The third-order valence-corrected chi connectivity index (χ3v) is 4.44. The third-order valence-electron chi connectivity index (χ3n) is 4.44. The van der Waals surface area contributed by atoms with Crippen molar-refractivity contribution in [1.82, 2.24) is 14.5 Å². The molecule has 0 fully saturated rings. The fourth-order valence-corrected chi connectivity index (χ4v) is 3.43. The summed E-state index contributed by atoms with van der Waals surface area (Å²) in [7, 11) is 1.66. The van der Waals surface area contributed by atoms with Crippen LogP contribution in [-0.2, 0) is 12.1 Å². The number of nitrogens with zero attached hydrogens (tertiary/aromatic N) is 3. The van der Waals surface area contributed by atoms with E-state index in [9.17, 15) is 0 Å². The van der Waals surface area contributed by atoms with Crippen LogP contribution in [0.15, 0.2) is 24.5 Å². The Morgan fingerprint density at radius 1 is 1.20 bits per heavy atom. The first kappa shape index (κ1) is 17.2. The van der Waals surface area contributed by atoms with Gasteiger partial charge in [0.2, 0.25) is 0 Å². The molecule has 1 aromatic carbocycles. The lowest BCUT2D eigenvalue weighted by Gasteiger charge is -2.25. The summed E-state index contributed by atoms with van der Waals surface area (Å²) >= 11 is 0. The van der Waals surface area contributed by atoms with E-state index in [1.807, 2.05) is 18.2 Å². The van der Waals surface area contributed by atoms with Crippen LogP contribution in [0.25, 0.3) is 22.2 Å². The highest BCUT2D eigenvalue weighted by molar-refractivity contribution is 6.03. The largest absolute Gasteiger partial charge is 0.497 e. The number of nitrogens with two attached hydrogens (primary N) is 2. The second-order valence-corrected chi connectivity index (χ2v) is 7.17. The van der Waals surface area contributed by atoms with Crippen LogP contribution in [0.4, 0.5) is 5.82 Å². The zero-order chi connectivity index (χ0) is 18.4. The molecule has 132 valence electrons. The number of aryl methyl sites for hydroxylation is 1. The number of ether oxygens (including phenoxy) is 1. The molecule has 4 N–H and O–H groups in total. The highest BCUT2D eigenvalue weighted by Crippen LogP contribution is 2.41. The second-order valence-electron chi connectivity index (χ2n) is 7.17. The molecule has 0 aliphatic carbocycles. The summed E-state index contributed by atoms with van der Waals surface area (Å²) in [6.07, 6.45) is 1.50. The summed E-state index contributed by atoms with van der Waals surface area (Å²) in [4.78, 5) is 8.73. The van der Waals surface area contributed by atoms with Gasteiger partial charge in [-0.2, -0.15) is 0 Å². The van der Waals surface area contributed by atoms with Gasteiger partial charge in [0.25, 0.3) is 0 Å². The molecule has 2 aromatic heterocycles. The Morgan fingerprint density at radius 3 is 2.48 bits per heavy atom. The molecule has 25 heavy (non-hydrogen) atoms. The van der Waals surface area contributed by atoms with Crippen LogP contribution >= 0.6 is 0 Å². The normalized spacial score (nSPS) is 11.9. The van der Waals surface area contributed by atoms with Gasteiger partial charge in [0.05, 0.1) is 12.5 Å². The molecule has 0 aliphatic heterocycles. The van der Waals surface area contributed by atoms with E-state index in [1.165, 1.54) is 6.33 Å². The van der Waals surface area contributed by atoms with E-state index in [0.717, 1.165) is 39.2 Å². The summed E-state index contributed by atoms with van der Waals surface area (Å²) in [6, 6.07) is 6.00. The summed E-state index contributed by atoms with van der Waals surface area (Å²) in [6.45, 7) is 8.84. The first-order valence-corrected chi connectivity index (χ1v) is 8.29. The van der Waals surface area contributed by atoms with E-state index in [2.05, 4.69) is 42.2 Å². The Balaban J connectivity index is 2.47. The number of rotatable bonds is 3. The number of aromatic nitrogens is 3. The van der Waals surface area contributed by atoms with Crippen molar-refractivity contribution in [3.8, 4) is 16.9 Å². The third kappa shape index (κ3) is 2.72. The van der Waals surface area contributed by atoms with Gasteiger partial charge in [-0.3, -0.25) is 0 Å². The Bertz CT molecular complexity index is 937. The van der Waals surface area contributed by atoms with Crippen LogP contribution in [0.3, 0.4) is 0 Å². The first-order chi connectivity index (χ1) is 11.8. The van der Waals surface area contributed by atoms with Gasteiger partial charge in [0.15, 0.2) is 0 Å². The zero-order valence-corrected chi connectivity index (χ0v) is 15.4. The molecule has 0 amide bonds. The van der Waals surface area contributed by atoms with Crippen molar-refractivity contribution in [2.24, 2.45) is 5.73 Å². The summed E-state index contributed by atoms with van der Waals surface area (Å²) < 4.78 is 7.50. The fraction of sp³-hybridized carbons (Fsp3) is 0.368. The molecular weight excluding hydrogens is 314 g/mol. The van der Waals surface area contributed by atoms with Crippen molar-refractivity contribution in [1.29, 1.82) is 0 Å². The number of benzene rings is 1. The standard InChI is InChI=1S/C19H25N5O/c1-11-8-12(25-5)6-7-13(11)15-14(9-20)24(19(2,3)4)18-16(15)17(21)22-10-23-18/h6-8,10H,9,20H2,1-5H3,(H2,21,22,23). The maximum absolute atomic E-state index is 6.25. The van der Waals surface area contributed by atoms with E-state index < -0.39 is 0 Å². The topological polar surface area (TPSA) is 92.0 Å². The average Bonchev–Trinajstić information content (AvgIpc) is 2.90. The molecule has 3 rings (SSSR count). The molecule has 0 bridgehead atoms. The van der Waals surface area contributed by atoms with E-state index in [4.69, 9.17) is 16.2 Å². The minimum absolute atomic E-state index is 0.188. The maximum atomic E-state index is 6.25. The summed E-state index contributed by atoms with van der Waals surface area (Å²) in [5.74, 6) is 1.28. The summed E-state index contributed by atoms with van der Waals surface area (Å²) in [5.41, 5.74) is 17.2. The van der Waals surface area contributed by atoms with E-state index in [0.29, 0.717) is 12.4 Å². The van der Waals surface area contributed by atoms with Gasteiger partial charge in [0, 0.05) is 23.3 Å². The number of nitrogen functional groups attached to an aromatic ring is 1. The van der Waals surface area contributed by atoms with Gasteiger partial charge in [-0.1, -0.05) is 6.07 Å². The number of methoxy groups -OCH3 is 1. The van der Waals surface area contributed by atoms with Gasteiger partial charge in [0.1, 0.15) is 23.5 Å². The molecule has 0 saturated carbocycles. The van der Waals surface area contributed by atoms with Crippen LogP contribution in [0.1, 0.15) is 32.0 Å². The number of hydrogen-bond donors (Lipinski definition) is 2. The molecule has 6 nitrogen and oxygen atoms in total. The zero-order valence-electron chi connectivity index (χ0n) is 15.4. The molecule has 0 atom stereocenters. The van der Waals surface area contributed by atoms with Gasteiger partial charge in [-0.05, 0) is 51.0 Å². The van der Waals surface area contributed by atoms with Crippen LogP contribution in [0.2, 0.25) is 0 Å².